The second-order valence-corrected chi connectivity index (χ2v) is 6.58. The molecule has 1 aliphatic heterocycles. The molecular weight excluding hydrogens is 240 g/mol. The molecule has 2 rings (SSSR count). The third kappa shape index (κ3) is 2.86. The summed E-state index contributed by atoms with van der Waals surface area (Å²) in [5, 5.41) is 0. The molecule has 0 saturated carbocycles. The lowest BCUT2D eigenvalue weighted by Crippen LogP contribution is -2.41. The minimum absolute atomic E-state index is 0.0166. The van der Waals surface area contributed by atoms with Crippen LogP contribution in [0.5, 0.6) is 0 Å². The Balaban J connectivity index is 2.27. The minimum Gasteiger partial charge on any atom is -0.464 e. The molecule has 1 fully saturated rings. The number of hydrazine groups is 1. The van der Waals surface area contributed by atoms with Gasteiger partial charge in [0.2, 0.25) is 0 Å². The van der Waals surface area contributed by atoms with Gasteiger partial charge in [0, 0.05) is 12.3 Å². The van der Waals surface area contributed by atoms with Crippen LogP contribution in [0.2, 0.25) is 0 Å². The van der Waals surface area contributed by atoms with E-state index in [4.69, 9.17) is 15.0 Å². The molecule has 0 spiro atoms. The monoisotopic (exact) mass is 266 g/mol. The normalized spacial score (nSPS) is 26.5. The van der Waals surface area contributed by atoms with Crippen LogP contribution in [0.1, 0.15) is 58.6 Å². The van der Waals surface area contributed by atoms with Gasteiger partial charge in [0.1, 0.15) is 11.5 Å². The summed E-state index contributed by atoms with van der Waals surface area (Å²) in [6, 6.07) is 4.02. The lowest BCUT2D eigenvalue weighted by atomic mass is 9.81. The first-order valence-corrected chi connectivity index (χ1v) is 7.04. The van der Waals surface area contributed by atoms with Gasteiger partial charge in [-0.3, -0.25) is 5.84 Å². The van der Waals surface area contributed by atoms with E-state index in [1.807, 2.05) is 12.1 Å². The van der Waals surface area contributed by atoms with E-state index in [2.05, 4.69) is 40.0 Å². The van der Waals surface area contributed by atoms with Crippen LogP contribution >= 0.6 is 0 Å². The zero-order chi connectivity index (χ0) is 14.3. The highest BCUT2D eigenvalue weighted by molar-refractivity contribution is 5.14. The van der Waals surface area contributed by atoms with Crippen molar-refractivity contribution in [2.24, 2.45) is 11.8 Å². The highest BCUT2D eigenvalue weighted by Gasteiger charge is 2.49. The quantitative estimate of drug-likeness (QED) is 0.650. The van der Waals surface area contributed by atoms with Gasteiger partial charge in [-0.05, 0) is 46.2 Å². The van der Waals surface area contributed by atoms with Gasteiger partial charge in [-0.25, -0.2) is 5.43 Å². The van der Waals surface area contributed by atoms with Gasteiger partial charge in [-0.15, -0.1) is 0 Å². The van der Waals surface area contributed by atoms with E-state index in [9.17, 15) is 0 Å². The summed E-state index contributed by atoms with van der Waals surface area (Å²) in [4.78, 5) is 0. The van der Waals surface area contributed by atoms with Crippen molar-refractivity contribution in [1.29, 1.82) is 0 Å². The number of nitrogens with one attached hydrogen (secondary N) is 1. The number of nitrogens with two attached hydrogens (primary N) is 1. The Morgan fingerprint density at radius 3 is 2.47 bits per heavy atom. The van der Waals surface area contributed by atoms with Crippen LogP contribution in [-0.4, -0.2) is 11.2 Å². The van der Waals surface area contributed by atoms with E-state index in [1.54, 1.807) is 0 Å². The van der Waals surface area contributed by atoms with Crippen LogP contribution in [0.4, 0.5) is 0 Å². The molecule has 3 N–H and O–H groups in total. The molecule has 0 amide bonds. The summed E-state index contributed by atoms with van der Waals surface area (Å²) < 4.78 is 12.0. The van der Waals surface area contributed by atoms with Gasteiger partial charge in [0.05, 0.1) is 17.2 Å². The third-order valence-corrected chi connectivity index (χ3v) is 4.06. The number of hydrogen-bond acceptors (Lipinski definition) is 4. The Morgan fingerprint density at radius 1 is 1.37 bits per heavy atom. The molecule has 1 saturated heterocycles. The largest absolute Gasteiger partial charge is 0.464 e. The molecule has 2 unspecified atom stereocenters. The van der Waals surface area contributed by atoms with E-state index in [-0.39, 0.29) is 23.2 Å². The van der Waals surface area contributed by atoms with Crippen molar-refractivity contribution in [3.63, 3.8) is 0 Å². The first kappa shape index (κ1) is 14.6. The van der Waals surface area contributed by atoms with Gasteiger partial charge < -0.3 is 9.15 Å². The number of rotatable bonds is 4. The summed E-state index contributed by atoms with van der Waals surface area (Å²) in [5.41, 5.74) is 2.57. The van der Waals surface area contributed by atoms with Crippen molar-refractivity contribution >= 4 is 0 Å². The number of ether oxygens (including phenoxy) is 1. The molecule has 1 aromatic heterocycles. The molecule has 1 aromatic rings. The maximum absolute atomic E-state index is 6.15. The lowest BCUT2D eigenvalue weighted by molar-refractivity contribution is -0.0785. The predicted molar refractivity (Wildman–Crippen MR) is 75.5 cm³/mol. The highest BCUT2D eigenvalue weighted by atomic mass is 16.5. The molecule has 2 heterocycles. The minimum atomic E-state index is -0.223. The highest BCUT2D eigenvalue weighted by Crippen LogP contribution is 2.47. The molecule has 2 atom stereocenters. The van der Waals surface area contributed by atoms with Gasteiger partial charge in [0.15, 0.2) is 0 Å². The smallest absolute Gasteiger partial charge is 0.122 e. The van der Waals surface area contributed by atoms with E-state index in [0.29, 0.717) is 0 Å². The Hall–Kier alpha value is -0.840. The topological polar surface area (TPSA) is 60.4 Å². The van der Waals surface area contributed by atoms with E-state index >= 15 is 0 Å². The van der Waals surface area contributed by atoms with Crippen LogP contribution in [0, 0.1) is 5.92 Å². The average Bonchev–Trinajstić information content (AvgIpc) is 2.83. The number of aryl methyl sites for hydroxylation is 1. The fourth-order valence-electron chi connectivity index (χ4n) is 3.27. The van der Waals surface area contributed by atoms with E-state index in [1.165, 1.54) is 0 Å². The van der Waals surface area contributed by atoms with Crippen LogP contribution in [-0.2, 0) is 11.2 Å². The number of furan rings is 1. The van der Waals surface area contributed by atoms with Crippen LogP contribution in [0.15, 0.2) is 16.5 Å². The van der Waals surface area contributed by atoms with Crippen molar-refractivity contribution < 1.29 is 9.15 Å². The van der Waals surface area contributed by atoms with E-state index in [0.717, 1.165) is 24.4 Å². The van der Waals surface area contributed by atoms with E-state index < -0.39 is 0 Å². The molecule has 0 aliphatic carbocycles. The molecule has 19 heavy (non-hydrogen) atoms. The zero-order valence-corrected chi connectivity index (χ0v) is 12.6. The molecule has 0 aromatic carbocycles. The van der Waals surface area contributed by atoms with Crippen molar-refractivity contribution in [2.75, 3.05) is 0 Å². The maximum Gasteiger partial charge on any atom is 0.122 e. The van der Waals surface area contributed by atoms with Gasteiger partial charge >= 0.3 is 0 Å². The Kier molecular flexibility index (Phi) is 3.78. The van der Waals surface area contributed by atoms with Crippen molar-refractivity contribution in [3.05, 3.63) is 23.7 Å². The van der Waals surface area contributed by atoms with Crippen LogP contribution in [0.25, 0.3) is 0 Å². The molecule has 0 bridgehead atoms. The Labute approximate surface area is 115 Å². The summed E-state index contributed by atoms with van der Waals surface area (Å²) in [6.07, 6.45) is 1.85. The van der Waals surface area contributed by atoms with Crippen molar-refractivity contribution in [1.82, 2.24) is 5.43 Å². The van der Waals surface area contributed by atoms with Crippen LogP contribution in [0.3, 0.4) is 0 Å². The maximum atomic E-state index is 6.15. The Bertz CT molecular complexity index is 437. The summed E-state index contributed by atoms with van der Waals surface area (Å²) >= 11 is 0. The fraction of sp³-hybridized carbons (Fsp3) is 0.733. The second kappa shape index (κ2) is 4.93. The second-order valence-electron chi connectivity index (χ2n) is 6.58. The molecule has 4 nitrogen and oxygen atoms in total. The van der Waals surface area contributed by atoms with Crippen molar-refractivity contribution in [2.45, 2.75) is 64.7 Å². The van der Waals surface area contributed by atoms with Crippen molar-refractivity contribution in [3.8, 4) is 0 Å². The van der Waals surface area contributed by atoms with Gasteiger partial charge in [-0.1, -0.05) is 6.92 Å². The fourth-order valence-corrected chi connectivity index (χ4v) is 3.27. The van der Waals surface area contributed by atoms with Gasteiger partial charge in [-0.2, -0.15) is 0 Å². The third-order valence-electron chi connectivity index (χ3n) is 4.06. The molecule has 1 aliphatic rings. The SMILES string of the molecule is CCc1ccc(C(NN)C2CC(C)(C)OC2(C)C)o1. The first-order valence-electron chi connectivity index (χ1n) is 7.04. The Morgan fingerprint density at radius 2 is 2.05 bits per heavy atom. The first-order chi connectivity index (χ1) is 8.79. The standard InChI is InChI=1S/C15H26N2O2/c1-6-10-7-8-12(18-10)13(17-16)11-9-14(2,3)19-15(11,4)5/h7-8,11,13,17H,6,9,16H2,1-5H3. The summed E-state index contributed by atoms with van der Waals surface area (Å²) in [5.74, 6) is 7.95. The zero-order valence-electron chi connectivity index (χ0n) is 12.6. The predicted octanol–water partition coefficient (Wildman–Crippen LogP) is 2.94. The summed E-state index contributed by atoms with van der Waals surface area (Å²) in [7, 11) is 0. The molecule has 0 radical (unpaired) electrons. The lowest BCUT2D eigenvalue weighted by Gasteiger charge is -2.31. The average molecular weight is 266 g/mol. The van der Waals surface area contributed by atoms with Gasteiger partial charge in [0.25, 0.3) is 0 Å². The molecule has 108 valence electrons. The summed E-state index contributed by atoms with van der Waals surface area (Å²) in [6.45, 7) is 10.6. The van der Waals surface area contributed by atoms with Crippen LogP contribution < -0.4 is 11.3 Å². The molecular formula is C15H26N2O2. The number of hydrogen-bond donors (Lipinski definition) is 2. The molecule has 4 heteroatoms.